The van der Waals surface area contributed by atoms with E-state index in [1.165, 1.54) is 22.3 Å². The molecule has 9 nitrogen and oxygen atoms in total. The average Bonchev–Trinajstić information content (AvgIpc) is 3.40. The normalized spacial score (nSPS) is 17.9. The zero-order valence-electron chi connectivity index (χ0n) is 20.0. The first-order valence-electron chi connectivity index (χ1n) is 11.0. The smallest absolute Gasteiger partial charge is 0.416 e. The summed E-state index contributed by atoms with van der Waals surface area (Å²) in [5.41, 5.74) is 0.547. The number of carbonyl (C=O) groups is 1. The summed E-state index contributed by atoms with van der Waals surface area (Å²) in [6.07, 6.45) is -0.803. The van der Waals surface area contributed by atoms with Gasteiger partial charge in [0, 0.05) is 16.7 Å². The number of halogens is 2. The van der Waals surface area contributed by atoms with Crippen LogP contribution in [0.4, 0.5) is 16.6 Å². The number of nitrogens with one attached hydrogen (secondary N) is 1. The van der Waals surface area contributed by atoms with E-state index >= 15 is 0 Å². The van der Waals surface area contributed by atoms with Crippen LogP contribution in [0.5, 0.6) is 0 Å². The Hall–Kier alpha value is -2.53. The summed E-state index contributed by atoms with van der Waals surface area (Å²) in [6, 6.07) is 8.33. The second-order valence-corrected chi connectivity index (χ2v) is 11.0. The zero-order valence-corrected chi connectivity index (χ0v) is 22.3. The van der Waals surface area contributed by atoms with E-state index in [-0.39, 0.29) is 41.5 Å². The second-order valence-electron chi connectivity index (χ2n) is 9.14. The van der Waals surface area contributed by atoms with Crippen LogP contribution < -0.4 is 10.2 Å². The third kappa shape index (κ3) is 6.19. The van der Waals surface area contributed by atoms with Crippen molar-refractivity contribution in [2.45, 2.75) is 58.4 Å². The van der Waals surface area contributed by atoms with Crippen LogP contribution >= 0.6 is 34.5 Å². The van der Waals surface area contributed by atoms with Gasteiger partial charge in [-0.15, -0.1) is 10.2 Å². The predicted molar refractivity (Wildman–Crippen MR) is 137 cm³/mol. The first kappa shape index (κ1) is 25.6. The molecule has 1 amide bonds. The highest BCUT2D eigenvalue weighted by Crippen LogP contribution is 2.31. The van der Waals surface area contributed by atoms with E-state index in [1.54, 1.807) is 0 Å². The first-order valence-corrected chi connectivity index (χ1v) is 12.6. The molecule has 3 aromatic rings. The lowest BCUT2D eigenvalue weighted by Gasteiger charge is -2.31. The second kappa shape index (κ2) is 10.2. The van der Waals surface area contributed by atoms with Gasteiger partial charge in [-0.05, 0) is 46.8 Å². The van der Waals surface area contributed by atoms with Crippen molar-refractivity contribution in [2.75, 3.05) is 16.8 Å². The molecular formula is C23H26Cl2N6O3S. The molecule has 0 radical (unpaired) electrons. The summed E-state index contributed by atoms with van der Waals surface area (Å²) in [5, 5.41) is 14.1. The van der Waals surface area contributed by atoms with Gasteiger partial charge in [-0.2, -0.15) is 4.98 Å². The van der Waals surface area contributed by atoms with Crippen molar-refractivity contribution in [3.05, 3.63) is 45.5 Å². The van der Waals surface area contributed by atoms with Gasteiger partial charge in [0.05, 0.1) is 17.7 Å². The number of nitrogens with zero attached hydrogens (tertiary/aromatic N) is 5. The van der Waals surface area contributed by atoms with Gasteiger partial charge in [0.15, 0.2) is 0 Å². The Morgan fingerprint density at radius 2 is 1.89 bits per heavy atom. The van der Waals surface area contributed by atoms with Crippen molar-refractivity contribution >= 4 is 52.4 Å². The molecule has 1 saturated heterocycles. The minimum Gasteiger partial charge on any atom is -0.447 e. The quantitative estimate of drug-likeness (QED) is 0.366. The van der Waals surface area contributed by atoms with Crippen LogP contribution in [0.3, 0.4) is 0 Å². The first-order chi connectivity index (χ1) is 16.5. The number of ether oxygens (including phenoxy) is 2. The highest BCUT2D eigenvalue weighted by molar-refractivity contribution is 7.14. The number of aromatic nitrogens is 4. The predicted octanol–water partition coefficient (Wildman–Crippen LogP) is 6.00. The van der Waals surface area contributed by atoms with E-state index in [9.17, 15) is 4.79 Å². The van der Waals surface area contributed by atoms with Crippen LogP contribution in [0.2, 0.25) is 10.2 Å². The van der Waals surface area contributed by atoms with Crippen molar-refractivity contribution in [2.24, 2.45) is 0 Å². The lowest BCUT2D eigenvalue weighted by molar-refractivity contribution is -0.0618. The average molecular weight is 537 g/mol. The molecule has 1 aliphatic rings. The molecular weight excluding hydrogens is 511 g/mol. The molecule has 186 valence electrons. The molecule has 1 aliphatic heterocycles. The minimum atomic E-state index is -0.509. The maximum atomic E-state index is 12.6. The fourth-order valence-corrected chi connectivity index (χ4v) is 4.80. The van der Waals surface area contributed by atoms with Gasteiger partial charge in [-0.25, -0.2) is 9.78 Å². The monoisotopic (exact) mass is 536 g/mol. The molecule has 2 aromatic heterocycles. The number of benzene rings is 1. The third-order valence-electron chi connectivity index (χ3n) is 5.16. The summed E-state index contributed by atoms with van der Waals surface area (Å²) in [4.78, 5) is 22.9. The Labute approximate surface area is 217 Å². The molecule has 3 atom stereocenters. The third-order valence-corrected chi connectivity index (χ3v) is 6.76. The lowest BCUT2D eigenvalue weighted by Crippen LogP contribution is -2.45. The fourth-order valence-electron chi connectivity index (χ4n) is 3.65. The highest BCUT2D eigenvalue weighted by atomic mass is 35.5. The van der Waals surface area contributed by atoms with Crippen LogP contribution in [0.25, 0.3) is 10.6 Å². The minimum absolute atomic E-state index is 0.187. The highest BCUT2D eigenvalue weighted by Gasteiger charge is 2.40. The number of anilines is 2. The SMILES string of the molecule is C[C@H](Nc1nc(Cl)cc(N2C(=O)OC[C@@H]2[C@@H](C)OC(C)(C)C)n1)c1nnc(-c2ccc(Cl)cc2)s1. The van der Waals surface area contributed by atoms with Crippen molar-refractivity contribution in [1.82, 2.24) is 20.2 Å². The number of hydrogen-bond acceptors (Lipinski definition) is 9. The molecule has 12 heteroatoms. The molecule has 0 spiro atoms. The molecule has 0 bridgehead atoms. The summed E-state index contributed by atoms with van der Waals surface area (Å²) in [7, 11) is 0. The molecule has 0 aliphatic carbocycles. The van der Waals surface area contributed by atoms with E-state index in [0.29, 0.717) is 10.8 Å². The largest absolute Gasteiger partial charge is 0.447 e. The molecule has 4 rings (SSSR count). The summed E-state index contributed by atoms with van der Waals surface area (Å²) in [6.45, 7) is 9.90. The molecule has 0 unspecified atom stereocenters. The molecule has 3 heterocycles. The molecule has 35 heavy (non-hydrogen) atoms. The Morgan fingerprint density at radius 3 is 2.57 bits per heavy atom. The molecule has 0 saturated carbocycles. The summed E-state index contributed by atoms with van der Waals surface area (Å²) in [5.74, 6) is 0.585. The van der Waals surface area contributed by atoms with Gasteiger partial charge in [-0.1, -0.05) is 46.7 Å². The zero-order chi connectivity index (χ0) is 25.3. The Morgan fingerprint density at radius 1 is 1.17 bits per heavy atom. The van der Waals surface area contributed by atoms with Gasteiger partial charge in [0.1, 0.15) is 33.6 Å². The number of cyclic esters (lactones) is 1. The fraction of sp³-hybridized carbons (Fsp3) is 0.435. The maximum Gasteiger partial charge on any atom is 0.416 e. The van der Waals surface area contributed by atoms with Crippen LogP contribution in [0.1, 0.15) is 45.7 Å². The number of hydrogen-bond donors (Lipinski definition) is 1. The van der Waals surface area contributed by atoms with Gasteiger partial charge < -0.3 is 14.8 Å². The van der Waals surface area contributed by atoms with Crippen LogP contribution in [-0.4, -0.2) is 50.6 Å². The molecule has 1 aromatic carbocycles. The topological polar surface area (TPSA) is 102 Å². The maximum absolute atomic E-state index is 12.6. The van der Waals surface area contributed by atoms with E-state index < -0.39 is 6.09 Å². The van der Waals surface area contributed by atoms with Gasteiger partial charge in [-0.3, -0.25) is 4.90 Å². The summed E-state index contributed by atoms with van der Waals surface area (Å²) < 4.78 is 11.4. The van der Waals surface area contributed by atoms with Gasteiger partial charge >= 0.3 is 6.09 Å². The van der Waals surface area contributed by atoms with Crippen molar-refractivity contribution in [3.63, 3.8) is 0 Å². The van der Waals surface area contributed by atoms with Gasteiger partial charge in [0.25, 0.3) is 0 Å². The van der Waals surface area contributed by atoms with Crippen molar-refractivity contribution in [1.29, 1.82) is 0 Å². The van der Waals surface area contributed by atoms with Crippen LogP contribution in [-0.2, 0) is 9.47 Å². The number of carbonyl (C=O) groups excluding carboxylic acids is 1. The van der Waals surface area contributed by atoms with E-state index in [2.05, 4.69) is 25.5 Å². The molecule has 1 N–H and O–H groups in total. The number of amides is 1. The van der Waals surface area contributed by atoms with Crippen LogP contribution in [0.15, 0.2) is 30.3 Å². The molecule has 1 fully saturated rings. The Kier molecular flexibility index (Phi) is 7.46. The van der Waals surface area contributed by atoms with Crippen LogP contribution in [0, 0.1) is 0 Å². The number of rotatable bonds is 7. The van der Waals surface area contributed by atoms with E-state index in [0.717, 1.165) is 15.6 Å². The van der Waals surface area contributed by atoms with E-state index in [1.807, 2.05) is 58.9 Å². The Bertz CT molecular complexity index is 1200. The van der Waals surface area contributed by atoms with Gasteiger partial charge in [0.2, 0.25) is 5.95 Å². The van der Waals surface area contributed by atoms with E-state index in [4.69, 9.17) is 32.7 Å². The standard InChI is InChI=1S/C23H26Cl2N6O3S/c1-12(19-29-30-20(35-19)14-6-8-15(24)9-7-14)26-21-27-17(25)10-18(28-21)31-16(11-33-22(31)32)13(2)34-23(3,4)5/h6-10,12-13,16H,11H2,1-5H3,(H,26,27,28)/t12-,13+,16+/m0/s1. The van der Waals surface area contributed by atoms with Crippen molar-refractivity contribution in [3.8, 4) is 10.6 Å². The lowest BCUT2D eigenvalue weighted by atomic mass is 10.1. The summed E-state index contributed by atoms with van der Waals surface area (Å²) >= 11 is 13.7. The van der Waals surface area contributed by atoms with Crippen molar-refractivity contribution < 1.29 is 14.3 Å². The Balaban J connectivity index is 1.53.